The number of hydrogen-bond acceptors (Lipinski definition) is 4. The van der Waals surface area contributed by atoms with Crippen LogP contribution in [-0.2, 0) is 6.42 Å². The maximum Gasteiger partial charge on any atom is 0.129 e. The summed E-state index contributed by atoms with van der Waals surface area (Å²) in [5, 5.41) is 10.4. The molecule has 0 aliphatic heterocycles. The number of nitrogens with zero attached hydrogens (tertiary/aromatic N) is 2. The summed E-state index contributed by atoms with van der Waals surface area (Å²) in [6, 6.07) is 0. The van der Waals surface area contributed by atoms with Gasteiger partial charge in [0, 0.05) is 6.42 Å². The topological polar surface area (TPSA) is 46.0 Å². The Balaban J connectivity index is 2.32. The first-order valence-electron chi connectivity index (χ1n) is 4.12. The molecule has 0 bridgehead atoms. The third-order valence-electron chi connectivity index (χ3n) is 1.56. The van der Waals surface area contributed by atoms with E-state index in [1.807, 2.05) is 0 Å². The van der Waals surface area contributed by atoms with Crippen molar-refractivity contribution in [2.45, 2.75) is 32.8 Å². The Kier molecular flexibility index (Phi) is 3.62. The highest BCUT2D eigenvalue weighted by molar-refractivity contribution is 7.05. The lowest BCUT2D eigenvalue weighted by atomic mass is 10.0. The van der Waals surface area contributed by atoms with Crippen molar-refractivity contribution in [2.24, 2.45) is 5.92 Å². The number of aromatic nitrogens is 2. The maximum atomic E-state index is 9.53. The molecule has 1 atom stereocenters. The molecule has 0 saturated carbocycles. The predicted octanol–water partition coefficient (Wildman–Crippen LogP) is 1.49. The van der Waals surface area contributed by atoms with Crippen molar-refractivity contribution in [1.82, 2.24) is 9.36 Å². The molecule has 1 heterocycles. The van der Waals surface area contributed by atoms with E-state index in [0.29, 0.717) is 12.3 Å². The SMILES string of the molecule is CC(C)CC(O)Cc1ncns1. The monoisotopic (exact) mass is 186 g/mol. The van der Waals surface area contributed by atoms with Crippen molar-refractivity contribution in [3.05, 3.63) is 11.3 Å². The van der Waals surface area contributed by atoms with Gasteiger partial charge in [-0.05, 0) is 23.9 Å². The number of aliphatic hydroxyl groups is 1. The van der Waals surface area contributed by atoms with Gasteiger partial charge >= 0.3 is 0 Å². The molecular formula is C8H14N2OS. The third kappa shape index (κ3) is 3.28. The van der Waals surface area contributed by atoms with E-state index in [9.17, 15) is 5.11 Å². The van der Waals surface area contributed by atoms with Crippen LogP contribution in [0.25, 0.3) is 0 Å². The summed E-state index contributed by atoms with van der Waals surface area (Å²) in [4.78, 5) is 4.01. The van der Waals surface area contributed by atoms with E-state index in [0.717, 1.165) is 11.4 Å². The minimum absolute atomic E-state index is 0.266. The molecular weight excluding hydrogens is 172 g/mol. The zero-order valence-electron chi connectivity index (χ0n) is 7.40. The van der Waals surface area contributed by atoms with Gasteiger partial charge in [-0.3, -0.25) is 0 Å². The molecule has 1 aromatic rings. The summed E-state index contributed by atoms with van der Waals surface area (Å²) in [7, 11) is 0. The van der Waals surface area contributed by atoms with Crippen LogP contribution in [0.5, 0.6) is 0 Å². The van der Waals surface area contributed by atoms with Crippen LogP contribution in [-0.4, -0.2) is 20.6 Å². The van der Waals surface area contributed by atoms with E-state index in [2.05, 4.69) is 23.2 Å². The van der Waals surface area contributed by atoms with Gasteiger partial charge in [0.05, 0.1) is 6.10 Å². The lowest BCUT2D eigenvalue weighted by Crippen LogP contribution is -2.12. The lowest BCUT2D eigenvalue weighted by molar-refractivity contribution is 0.149. The van der Waals surface area contributed by atoms with Crippen LogP contribution in [0.3, 0.4) is 0 Å². The summed E-state index contributed by atoms with van der Waals surface area (Å²) in [5.41, 5.74) is 0. The van der Waals surface area contributed by atoms with E-state index < -0.39 is 0 Å². The molecule has 0 aromatic carbocycles. The average Bonchev–Trinajstić information content (AvgIpc) is 2.37. The van der Waals surface area contributed by atoms with Crippen LogP contribution in [0.15, 0.2) is 6.33 Å². The van der Waals surface area contributed by atoms with Crippen LogP contribution < -0.4 is 0 Å². The second-order valence-corrected chi connectivity index (χ2v) is 4.19. The smallest absolute Gasteiger partial charge is 0.129 e. The van der Waals surface area contributed by atoms with Crippen LogP contribution >= 0.6 is 11.5 Å². The van der Waals surface area contributed by atoms with Gasteiger partial charge in [-0.1, -0.05) is 13.8 Å². The Hall–Kier alpha value is -0.480. The van der Waals surface area contributed by atoms with Gasteiger partial charge in [0.15, 0.2) is 0 Å². The fraction of sp³-hybridized carbons (Fsp3) is 0.750. The first-order chi connectivity index (χ1) is 5.68. The first kappa shape index (κ1) is 9.61. The first-order valence-corrected chi connectivity index (χ1v) is 4.89. The Morgan fingerprint density at radius 2 is 2.33 bits per heavy atom. The van der Waals surface area contributed by atoms with Crippen molar-refractivity contribution in [3.8, 4) is 0 Å². The molecule has 0 radical (unpaired) electrons. The van der Waals surface area contributed by atoms with Crippen molar-refractivity contribution in [2.75, 3.05) is 0 Å². The number of rotatable bonds is 4. The highest BCUT2D eigenvalue weighted by Gasteiger charge is 2.09. The molecule has 12 heavy (non-hydrogen) atoms. The second kappa shape index (κ2) is 4.52. The van der Waals surface area contributed by atoms with Crippen molar-refractivity contribution >= 4 is 11.5 Å². The van der Waals surface area contributed by atoms with Crippen molar-refractivity contribution < 1.29 is 5.11 Å². The van der Waals surface area contributed by atoms with E-state index in [1.54, 1.807) is 0 Å². The van der Waals surface area contributed by atoms with E-state index in [1.165, 1.54) is 17.9 Å². The zero-order chi connectivity index (χ0) is 8.97. The molecule has 0 fully saturated rings. The van der Waals surface area contributed by atoms with Crippen molar-refractivity contribution in [3.63, 3.8) is 0 Å². The standard InChI is InChI=1S/C8H14N2OS/c1-6(2)3-7(11)4-8-9-5-10-12-8/h5-7,11H,3-4H2,1-2H3. The molecule has 1 unspecified atom stereocenters. The van der Waals surface area contributed by atoms with Crippen LogP contribution in [0.1, 0.15) is 25.3 Å². The Morgan fingerprint density at radius 1 is 1.58 bits per heavy atom. The van der Waals surface area contributed by atoms with Crippen molar-refractivity contribution in [1.29, 1.82) is 0 Å². The summed E-state index contributed by atoms with van der Waals surface area (Å²) in [5.74, 6) is 0.535. The molecule has 0 aliphatic rings. The van der Waals surface area contributed by atoms with Crippen LogP contribution in [0.4, 0.5) is 0 Å². The van der Waals surface area contributed by atoms with Gasteiger partial charge in [-0.15, -0.1) is 0 Å². The minimum atomic E-state index is -0.266. The molecule has 4 heteroatoms. The fourth-order valence-corrected chi connectivity index (χ4v) is 1.69. The second-order valence-electron chi connectivity index (χ2n) is 3.32. The quantitative estimate of drug-likeness (QED) is 0.775. The molecule has 0 spiro atoms. The van der Waals surface area contributed by atoms with Gasteiger partial charge in [0.1, 0.15) is 11.3 Å². The molecule has 3 nitrogen and oxygen atoms in total. The van der Waals surface area contributed by atoms with Gasteiger partial charge in [0.25, 0.3) is 0 Å². The highest BCUT2D eigenvalue weighted by atomic mass is 32.1. The molecule has 1 aromatic heterocycles. The Labute approximate surface area is 76.6 Å². The van der Waals surface area contributed by atoms with Gasteiger partial charge in [-0.25, -0.2) is 4.98 Å². The van der Waals surface area contributed by atoms with Gasteiger partial charge in [0.2, 0.25) is 0 Å². The Bertz CT molecular complexity index is 211. The molecule has 0 saturated heterocycles. The molecule has 1 rings (SSSR count). The minimum Gasteiger partial charge on any atom is -0.393 e. The summed E-state index contributed by atoms with van der Waals surface area (Å²) < 4.78 is 3.87. The van der Waals surface area contributed by atoms with Crippen LogP contribution in [0.2, 0.25) is 0 Å². The summed E-state index contributed by atoms with van der Waals surface area (Å²) in [6.45, 7) is 4.20. The summed E-state index contributed by atoms with van der Waals surface area (Å²) in [6.07, 6.45) is 2.74. The zero-order valence-corrected chi connectivity index (χ0v) is 8.21. The molecule has 0 aliphatic carbocycles. The van der Waals surface area contributed by atoms with Gasteiger partial charge < -0.3 is 5.11 Å². The van der Waals surface area contributed by atoms with E-state index in [-0.39, 0.29) is 6.10 Å². The van der Waals surface area contributed by atoms with Crippen LogP contribution in [0, 0.1) is 5.92 Å². The lowest BCUT2D eigenvalue weighted by Gasteiger charge is -2.10. The molecule has 1 N–H and O–H groups in total. The number of hydrogen-bond donors (Lipinski definition) is 1. The van der Waals surface area contributed by atoms with Gasteiger partial charge in [-0.2, -0.15) is 4.37 Å². The van der Waals surface area contributed by atoms with E-state index >= 15 is 0 Å². The average molecular weight is 186 g/mol. The Morgan fingerprint density at radius 3 is 2.83 bits per heavy atom. The normalized spacial score (nSPS) is 13.7. The largest absolute Gasteiger partial charge is 0.393 e. The highest BCUT2D eigenvalue weighted by Crippen LogP contribution is 2.10. The molecule has 68 valence electrons. The molecule has 0 amide bonds. The summed E-state index contributed by atoms with van der Waals surface area (Å²) >= 11 is 1.36. The maximum absolute atomic E-state index is 9.53. The fourth-order valence-electron chi connectivity index (χ4n) is 1.11. The number of aliphatic hydroxyl groups excluding tert-OH is 1. The third-order valence-corrected chi connectivity index (χ3v) is 2.24. The van der Waals surface area contributed by atoms with E-state index in [4.69, 9.17) is 0 Å². The predicted molar refractivity (Wildman–Crippen MR) is 49.1 cm³/mol.